The number of hydrogen-bond acceptors (Lipinski definition) is 5. The third-order valence-corrected chi connectivity index (χ3v) is 3.35. The normalized spacial score (nSPS) is 11.1. The van der Waals surface area contributed by atoms with Gasteiger partial charge in [0, 0.05) is 10.7 Å². The first-order valence-corrected chi connectivity index (χ1v) is 7.74. The third-order valence-electron chi connectivity index (χ3n) is 3.10. The first-order chi connectivity index (χ1) is 12.0. The van der Waals surface area contributed by atoms with Crippen LogP contribution in [-0.2, 0) is 14.3 Å². The summed E-state index contributed by atoms with van der Waals surface area (Å²) in [5, 5.41) is 11.8. The van der Waals surface area contributed by atoms with E-state index in [0.29, 0.717) is 22.0 Å². The maximum absolute atomic E-state index is 11.9. The maximum atomic E-state index is 11.9. The molecule has 0 unspecified atom stereocenters. The van der Waals surface area contributed by atoms with Gasteiger partial charge in [-0.15, -0.1) is 0 Å². The van der Waals surface area contributed by atoms with Crippen molar-refractivity contribution in [2.24, 2.45) is 0 Å². The van der Waals surface area contributed by atoms with Gasteiger partial charge in [0.25, 0.3) is 5.91 Å². The van der Waals surface area contributed by atoms with E-state index in [1.54, 1.807) is 48.5 Å². The molecule has 0 saturated carbocycles. The molecule has 0 aromatic heterocycles. The van der Waals surface area contributed by atoms with E-state index in [0.717, 1.165) is 0 Å². The Kier molecular flexibility index (Phi) is 6.38. The molecule has 128 valence electrons. The summed E-state index contributed by atoms with van der Waals surface area (Å²) in [6.45, 7) is 1.09. The molecule has 0 fully saturated rings. The van der Waals surface area contributed by atoms with Gasteiger partial charge in [-0.1, -0.05) is 11.6 Å². The molecule has 2 aromatic rings. The van der Waals surface area contributed by atoms with Gasteiger partial charge in [0.1, 0.15) is 5.75 Å². The zero-order valence-electron chi connectivity index (χ0n) is 13.4. The van der Waals surface area contributed by atoms with Crippen LogP contribution in [0.15, 0.2) is 48.5 Å². The monoisotopic (exact) mass is 358 g/mol. The average Bonchev–Trinajstić information content (AvgIpc) is 2.62. The Morgan fingerprint density at radius 3 is 2.40 bits per heavy atom. The molecule has 1 atom stereocenters. The van der Waals surface area contributed by atoms with E-state index in [1.807, 2.05) is 6.07 Å². The summed E-state index contributed by atoms with van der Waals surface area (Å²) in [5.74, 6) is -0.683. The summed E-state index contributed by atoms with van der Waals surface area (Å²) in [5.41, 5.74) is 0.989. The van der Waals surface area contributed by atoms with Gasteiger partial charge in [-0.25, -0.2) is 4.79 Å². The van der Waals surface area contributed by atoms with Gasteiger partial charge in [-0.2, -0.15) is 5.26 Å². The van der Waals surface area contributed by atoms with E-state index < -0.39 is 24.6 Å². The largest absolute Gasteiger partial charge is 0.479 e. The Balaban J connectivity index is 1.78. The fraction of sp³-hybridized carbons (Fsp3) is 0.167. The highest BCUT2D eigenvalue weighted by molar-refractivity contribution is 6.30. The molecule has 0 heterocycles. The van der Waals surface area contributed by atoms with Crippen molar-refractivity contribution in [2.45, 2.75) is 13.0 Å². The van der Waals surface area contributed by atoms with Crippen LogP contribution in [0.25, 0.3) is 0 Å². The number of benzene rings is 2. The topological polar surface area (TPSA) is 88.4 Å². The average molecular weight is 359 g/mol. The fourth-order valence-electron chi connectivity index (χ4n) is 1.84. The second-order valence-corrected chi connectivity index (χ2v) is 5.50. The van der Waals surface area contributed by atoms with E-state index in [-0.39, 0.29) is 0 Å². The summed E-state index contributed by atoms with van der Waals surface area (Å²) < 4.78 is 10.3. The standard InChI is InChI=1S/C18H15ClN2O4/c1-12(25-16-8-4-14(19)5-9-16)18(23)24-11-17(22)21-15-6-2-13(10-20)3-7-15/h2-9,12H,11H2,1H3,(H,21,22)/t12-/m1/s1. The smallest absolute Gasteiger partial charge is 0.347 e. The molecule has 2 rings (SSSR count). The number of anilines is 1. The Bertz CT molecular complexity index is 782. The Morgan fingerprint density at radius 2 is 1.80 bits per heavy atom. The molecule has 6 nitrogen and oxygen atoms in total. The maximum Gasteiger partial charge on any atom is 0.347 e. The van der Waals surface area contributed by atoms with Gasteiger partial charge in [-0.05, 0) is 55.5 Å². The lowest BCUT2D eigenvalue weighted by Crippen LogP contribution is -2.29. The Labute approximate surface area is 149 Å². The lowest BCUT2D eigenvalue weighted by molar-refractivity contribution is -0.153. The summed E-state index contributed by atoms with van der Waals surface area (Å²) in [4.78, 5) is 23.6. The number of carbonyl (C=O) groups excluding carboxylic acids is 2. The summed E-state index contributed by atoms with van der Waals surface area (Å²) >= 11 is 5.77. The summed E-state index contributed by atoms with van der Waals surface area (Å²) in [6, 6.07) is 14.8. The summed E-state index contributed by atoms with van der Waals surface area (Å²) in [6.07, 6.45) is -0.871. The number of nitrogens with one attached hydrogen (secondary N) is 1. The van der Waals surface area contributed by atoms with Crippen molar-refractivity contribution in [3.05, 3.63) is 59.1 Å². The second kappa shape index (κ2) is 8.71. The quantitative estimate of drug-likeness (QED) is 0.801. The molecule has 0 saturated heterocycles. The zero-order chi connectivity index (χ0) is 18.2. The van der Waals surface area contributed by atoms with Crippen LogP contribution >= 0.6 is 11.6 Å². The zero-order valence-corrected chi connectivity index (χ0v) is 14.1. The minimum Gasteiger partial charge on any atom is -0.479 e. The van der Waals surface area contributed by atoms with Gasteiger partial charge >= 0.3 is 5.97 Å². The predicted octanol–water partition coefficient (Wildman–Crippen LogP) is 3.16. The molecule has 0 radical (unpaired) electrons. The summed E-state index contributed by atoms with van der Waals surface area (Å²) in [7, 11) is 0. The lowest BCUT2D eigenvalue weighted by atomic mass is 10.2. The SMILES string of the molecule is C[C@@H](Oc1ccc(Cl)cc1)C(=O)OCC(=O)Nc1ccc(C#N)cc1. The Hall–Kier alpha value is -3.04. The van der Waals surface area contributed by atoms with Gasteiger partial charge < -0.3 is 14.8 Å². The van der Waals surface area contributed by atoms with Crippen molar-refractivity contribution in [2.75, 3.05) is 11.9 Å². The van der Waals surface area contributed by atoms with Crippen LogP contribution in [0.5, 0.6) is 5.75 Å². The molecule has 1 amide bonds. The number of hydrogen-bond donors (Lipinski definition) is 1. The molecule has 0 aliphatic heterocycles. The van der Waals surface area contributed by atoms with E-state index >= 15 is 0 Å². The minimum absolute atomic E-state index is 0.437. The molecule has 25 heavy (non-hydrogen) atoms. The molecule has 0 bridgehead atoms. The van der Waals surface area contributed by atoms with E-state index in [2.05, 4.69) is 5.32 Å². The van der Waals surface area contributed by atoms with Gasteiger partial charge in [0.2, 0.25) is 0 Å². The number of ether oxygens (including phenoxy) is 2. The first-order valence-electron chi connectivity index (χ1n) is 7.37. The van der Waals surface area contributed by atoms with Crippen molar-refractivity contribution in [1.82, 2.24) is 0 Å². The number of carbonyl (C=O) groups is 2. The lowest BCUT2D eigenvalue weighted by Gasteiger charge is -2.14. The predicted molar refractivity (Wildman–Crippen MR) is 92.3 cm³/mol. The molecule has 0 aliphatic carbocycles. The molecular formula is C18H15ClN2O4. The van der Waals surface area contributed by atoms with Gasteiger partial charge in [0.05, 0.1) is 11.6 Å². The minimum atomic E-state index is -0.871. The number of halogens is 1. The molecule has 1 N–H and O–H groups in total. The number of rotatable bonds is 6. The fourth-order valence-corrected chi connectivity index (χ4v) is 1.97. The van der Waals surface area contributed by atoms with Crippen LogP contribution in [0.3, 0.4) is 0 Å². The highest BCUT2D eigenvalue weighted by Gasteiger charge is 2.17. The number of nitrogens with zero attached hydrogens (tertiary/aromatic N) is 1. The number of amides is 1. The number of esters is 1. The van der Waals surface area contributed by atoms with Crippen LogP contribution in [0.4, 0.5) is 5.69 Å². The molecule has 0 spiro atoms. The molecular weight excluding hydrogens is 344 g/mol. The van der Waals surface area contributed by atoms with Crippen LogP contribution in [0.1, 0.15) is 12.5 Å². The van der Waals surface area contributed by atoms with Crippen molar-refractivity contribution >= 4 is 29.2 Å². The molecule has 0 aliphatic rings. The van der Waals surface area contributed by atoms with E-state index in [1.165, 1.54) is 6.92 Å². The highest BCUT2D eigenvalue weighted by atomic mass is 35.5. The van der Waals surface area contributed by atoms with Gasteiger partial charge in [0.15, 0.2) is 12.7 Å². The van der Waals surface area contributed by atoms with Crippen LogP contribution in [0, 0.1) is 11.3 Å². The van der Waals surface area contributed by atoms with Crippen molar-refractivity contribution < 1.29 is 19.1 Å². The molecule has 7 heteroatoms. The van der Waals surface area contributed by atoms with E-state index in [9.17, 15) is 9.59 Å². The van der Waals surface area contributed by atoms with Crippen LogP contribution in [-0.4, -0.2) is 24.6 Å². The van der Waals surface area contributed by atoms with Crippen LogP contribution in [0.2, 0.25) is 5.02 Å². The second-order valence-electron chi connectivity index (χ2n) is 5.06. The van der Waals surface area contributed by atoms with Crippen molar-refractivity contribution in [1.29, 1.82) is 5.26 Å². The van der Waals surface area contributed by atoms with Crippen molar-refractivity contribution in [3.8, 4) is 11.8 Å². The van der Waals surface area contributed by atoms with Gasteiger partial charge in [-0.3, -0.25) is 4.79 Å². The molecule has 2 aromatic carbocycles. The Morgan fingerprint density at radius 1 is 1.16 bits per heavy atom. The highest BCUT2D eigenvalue weighted by Crippen LogP contribution is 2.17. The van der Waals surface area contributed by atoms with Crippen LogP contribution < -0.4 is 10.1 Å². The van der Waals surface area contributed by atoms with E-state index in [4.69, 9.17) is 26.3 Å². The number of nitriles is 1. The third kappa shape index (κ3) is 5.83. The first kappa shape index (κ1) is 18.3. The van der Waals surface area contributed by atoms with Crippen molar-refractivity contribution in [3.63, 3.8) is 0 Å².